The van der Waals surface area contributed by atoms with Gasteiger partial charge in [0, 0.05) is 14.1 Å². The van der Waals surface area contributed by atoms with E-state index in [1.54, 1.807) is 4.68 Å². The number of benzene rings is 1. The zero-order valence-corrected chi connectivity index (χ0v) is 12.7. The molecule has 1 N–H and O–H groups in total. The van der Waals surface area contributed by atoms with Crippen LogP contribution >= 0.6 is 0 Å². The van der Waals surface area contributed by atoms with Crippen LogP contribution in [-0.4, -0.2) is 25.4 Å². The van der Waals surface area contributed by atoms with Crippen LogP contribution in [0.2, 0.25) is 0 Å². The van der Waals surface area contributed by atoms with E-state index in [1.807, 2.05) is 63.0 Å². The zero-order chi connectivity index (χ0) is 15.0. The third-order valence-electron chi connectivity index (χ3n) is 3.18. The number of hydrogen-bond acceptors (Lipinski definition) is 4. The van der Waals surface area contributed by atoms with Crippen LogP contribution < -0.4 is 10.1 Å². The molecule has 3 aromatic rings. The molecule has 1 aromatic carbocycles. The average molecular weight is 285 g/mol. The van der Waals surface area contributed by atoms with Crippen LogP contribution in [0.15, 0.2) is 30.5 Å². The molecular weight excluding hydrogens is 266 g/mol. The van der Waals surface area contributed by atoms with Crippen molar-refractivity contribution in [3.63, 3.8) is 0 Å². The molecule has 110 valence electrons. The lowest BCUT2D eigenvalue weighted by Gasteiger charge is -2.09. The highest BCUT2D eigenvalue weighted by molar-refractivity contribution is 5.79. The van der Waals surface area contributed by atoms with E-state index in [0.29, 0.717) is 5.88 Å². The number of nitrogens with zero attached hydrogens (tertiary/aromatic N) is 4. The van der Waals surface area contributed by atoms with Gasteiger partial charge in [-0.1, -0.05) is 12.1 Å². The highest BCUT2D eigenvalue weighted by Gasteiger charge is 2.14. The molecule has 0 saturated heterocycles. The predicted molar refractivity (Wildman–Crippen MR) is 83.0 cm³/mol. The van der Waals surface area contributed by atoms with Gasteiger partial charge in [-0.15, -0.1) is 5.10 Å². The van der Waals surface area contributed by atoms with Crippen LogP contribution in [0.1, 0.15) is 13.8 Å². The molecule has 0 aliphatic rings. The van der Waals surface area contributed by atoms with Crippen molar-refractivity contribution >= 4 is 22.7 Å². The molecule has 0 aliphatic heterocycles. The van der Waals surface area contributed by atoms with Crippen LogP contribution in [0.5, 0.6) is 5.88 Å². The van der Waals surface area contributed by atoms with Gasteiger partial charge in [0.15, 0.2) is 0 Å². The van der Waals surface area contributed by atoms with Crippen LogP contribution in [-0.2, 0) is 14.1 Å². The largest absolute Gasteiger partial charge is 0.472 e. The first kappa shape index (κ1) is 13.5. The Balaban J connectivity index is 1.97. The number of fused-ring (bicyclic) bond motifs is 1. The number of rotatable bonds is 4. The van der Waals surface area contributed by atoms with E-state index >= 15 is 0 Å². The number of aryl methyl sites for hydroxylation is 2. The maximum Gasteiger partial charge on any atom is 0.257 e. The molecular formula is C15H19N5O. The summed E-state index contributed by atoms with van der Waals surface area (Å²) in [7, 11) is 3.85. The summed E-state index contributed by atoms with van der Waals surface area (Å²) < 4.78 is 9.46. The first-order chi connectivity index (χ1) is 10.0. The average Bonchev–Trinajstić information content (AvgIpc) is 2.92. The number of imidazole rings is 1. The number of anilines is 2. The van der Waals surface area contributed by atoms with E-state index in [9.17, 15) is 0 Å². The maximum atomic E-state index is 5.72. The van der Waals surface area contributed by atoms with Gasteiger partial charge in [-0.2, -0.15) is 0 Å². The molecule has 2 heterocycles. The molecule has 6 heteroatoms. The van der Waals surface area contributed by atoms with Crippen molar-refractivity contribution in [3.8, 4) is 5.88 Å². The second kappa shape index (κ2) is 5.12. The van der Waals surface area contributed by atoms with Crippen LogP contribution in [0, 0.1) is 0 Å². The maximum absolute atomic E-state index is 5.72. The van der Waals surface area contributed by atoms with Crippen molar-refractivity contribution in [1.29, 1.82) is 0 Å². The van der Waals surface area contributed by atoms with Crippen molar-refractivity contribution in [1.82, 2.24) is 19.3 Å². The Morgan fingerprint density at radius 3 is 2.67 bits per heavy atom. The molecule has 2 aromatic heterocycles. The topological polar surface area (TPSA) is 56.9 Å². The molecule has 0 aliphatic carbocycles. The second-order valence-electron chi connectivity index (χ2n) is 5.30. The molecule has 0 bridgehead atoms. The summed E-state index contributed by atoms with van der Waals surface area (Å²) in [4.78, 5) is 4.60. The minimum absolute atomic E-state index is 0.0703. The molecule has 21 heavy (non-hydrogen) atoms. The number of para-hydroxylation sites is 2. The van der Waals surface area contributed by atoms with E-state index in [4.69, 9.17) is 4.74 Å². The molecule has 3 rings (SSSR count). The Morgan fingerprint density at radius 2 is 1.95 bits per heavy atom. The van der Waals surface area contributed by atoms with Crippen molar-refractivity contribution < 1.29 is 4.74 Å². The van der Waals surface area contributed by atoms with Crippen molar-refractivity contribution in [2.45, 2.75) is 20.0 Å². The Bertz CT molecular complexity index is 772. The fourth-order valence-electron chi connectivity index (χ4n) is 2.24. The van der Waals surface area contributed by atoms with Crippen molar-refractivity contribution in [3.05, 3.63) is 30.5 Å². The highest BCUT2D eigenvalue weighted by Crippen LogP contribution is 2.27. The van der Waals surface area contributed by atoms with Crippen LogP contribution in [0.3, 0.4) is 0 Å². The van der Waals surface area contributed by atoms with E-state index in [0.717, 1.165) is 22.7 Å². The summed E-state index contributed by atoms with van der Waals surface area (Å²) in [6.07, 6.45) is 1.96. The first-order valence-corrected chi connectivity index (χ1v) is 6.93. The van der Waals surface area contributed by atoms with Crippen LogP contribution in [0.4, 0.5) is 11.6 Å². The quantitative estimate of drug-likeness (QED) is 0.801. The Morgan fingerprint density at radius 1 is 1.19 bits per heavy atom. The Labute approximate surface area is 123 Å². The van der Waals surface area contributed by atoms with E-state index in [1.165, 1.54) is 0 Å². The smallest absolute Gasteiger partial charge is 0.257 e. The lowest BCUT2D eigenvalue weighted by Crippen LogP contribution is -2.08. The normalized spacial score (nSPS) is 11.3. The number of ether oxygens (including phenoxy) is 1. The third-order valence-corrected chi connectivity index (χ3v) is 3.18. The first-order valence-electron chi connectivity index (χ1n) is 6.93. The molecule has 0 unspecified atom stereocenters. The van der Waals surface area contributed by atoms with Gasteiger partial charge in [0.1, 0.15) is 5.69 Å². The molecule has 0 fully saturated rings. The van der Waals surface area contributed by atoms with Gasteiger partial charge in [0.05, 0.1) is 23.3 Å². The van der Waals surface area contributed by atoms with Gasteiger partial charge in [0.25, 0.3) is 5.88 Å². The molecule has 6 nitrogen and oxygen atoms in total. The molecule has 0 spiro atoms. The van der Waals surface area contributed by atoms with Crippen LogP contribution in [0.25, 0.3) is 11.0 Å². The van der Waals surface area contributed by atoms with E-state index < -0.39 is 0 Å². The Hall–Kier alpha value is -2.50. The number of nitrogens with one attached hydrogen (secondary N) is 1. The predicted octanol–water partition coefficient (Wildman–Crippen LogP) is 2.84. The van der Waals surface area contributed by atoms with Crippen molar-refractivity contribution in [2.75, 3.05) is 5.32 Å². The summed E-state index contributed by atoms with van der Waals surface area (Å²) in [5.41, 5.74) is 2.84. The molecule has 0 atom stereocenters. The Kier molecular flexibility index (Phi) is 3.29. The number of hydrogen-bond donors (Lipinski definition) is 1. The highest BCUT2D eigenvalue weighted by atomic mass is 16.5. The summed E-state index contributed by atoms with van der Waals surface area (Å²) >= 11 is 0. The summed E-state index contributed by atoms with van der Waals surface area (Å²) in [5, 5.41) is 7.63. The van der Waals surface area contributed by atoms with Gasteiger partial charge in [-0.3, -0.25) is 4.68 Å². The summed E-state index contributed by atoms with van der Waals surface area (Å²) in [6.45, 7) is 3.96. The van der Waals surface area contributed by atoms with E-state index in [-0.39, 0.29) is 6.10 Å². The van der Waals surface area contributed by atoms with Gasteiger partial charge >= 0.3 is 0 Å². The van der Waals surface area contributed by atoms with Gasteiger partial charge in [-0.25, -0.2) is 4.98 Å². The van der Waals surface area contributed by atoms with Crippen molar-refractivity contribution in [2.24, 2.45) is 14.1 Å². The van der Waals surface area contributed by atoms with E-state index in [2.05, 4.69) is 15.4 Å². The standard InChI is InChI=1S/C15H19N5O/c1-10(2)21-14-12(9-19(3)18-14)17-15-16-11-7-5-6-8-13(11)20(15)4/h5-10H,1-4H3,(H,16,17). The second-order valence-corrected chi connectivity index (χ2v) is 5.30. The lowest BCUT2D eigenvalue weighted by molar-refractivity contribution is 0.232. The van der Waals surface area contributed by atoms with Gasteiger partial charge < -0.3 is 14.6 Å². The molecule has 0 amide bonds. The lowest BCUT2D eigenvalue weighted by atomic mass is 10.3. The minimum Gasteiger partial charge on any atom is -0.472 e. The summed E-state index contributed by atoms with van der Waals surface area (Å²) in [5.74, 6) is 1.34. The van der Waals surface area contributed by atoms with Gasteiger partial charge in [0.2, 0.25) is 5.95 Å². The SMILES string of the molecule is CC(C)Oc1nn(C)cc1Nc1nc2ccccc2n1C. The monoisotopic (exact) mass is 285 g/mol. The fourth-order valence-corrected chi connectivity index (χ4v) is 2.24. The molecule has 0 saturated carbocycles. The van der Waals surface area contributed by atoms with Gasteiger partial charge in [-0.05, 0) is 26.0 Å². The fraction of sp³-hybridized carbons (Fsp3) is 0.333. The molecule has 0 radical (unpaired) electrons. The summed E-state index contributed by atoms with van der Waals surface area (Å²) in [6, 6.07) is 8.03. The minimum atomic E-state index is 0.0703. The zero-order valence-electron chi connectivity index (χ0n) is 12.7. The third kappa shape index (κ3) is 2.56. The number of aromatic nitrogens is 4.